The van der Waals surface area contributed by atoms with Gasteiger partial charge in [0.15, 0.2) is 5.69 Å². The summed E-state index contributed by atoms with van der Waals surface area (Å²) in [6, 6.07) is 10.1. The fraction of sp³-hybridized carbons (Fsp3) is 0.333. The number of amides is 1. The lowest BCUT2D eigenvalue weighted by Crippen LogP contribution is -2.34. The zero-order chi connectivity index (χ0) is 24.0. The third-order valence-corrected chi connectivity index (χ3v) is 4.52. The number of esters is 1. The molecular weight excluding hydrogens is 424 g/mol. The fourth-order valence-corrected chi connectivity index (χ4v) is 3.22. The van der Waals surface area contributed by atoms with Gasteiger partial charge in [0.05, 0.1) is 13.2 Å². The first-order chi connectivity index (χ1) is 15.7. The first kappa shape index (κ1) is 23.8. The monoisotopic (exact) mass is 452 g/mol. The van der Waals surface area contributed by atoms with Gasteiger partial charge in [0.2, 0.25) is 0 Å². The average Bonchev–Trinajstić information content (AvgIpc) is 3.13. The summed E-state index contributed by atoms with van der Waals surface area (Å²) in [5.74, 6) is -0.429. The van der Waals surface area contributed by atoms with Crippen molar-refractivity contribution in [3.05, 3.63) is 54.5 Å². The predicted molar refractivity (Wildman–Crippen MR) is 123 cm³/mol. The Hall–Kier alpha value is -3.88. The van der Waals surface area contributed by atoms with Gasteiger partial charge in [0.1, 0.15) is 17.0 Å². The summed E-state index contributed by atoms with van der Waals surface area (Å²) >= 11 is 0. The average molecular weight is 453 g/mol. The Bertz CT molecular complexity index is 1100. The number of carbonyl (C=O) groups is 2. The van der Waals surface area contributed by atoms with Crippen LogP contribution in [0.4, 0.5) is 4.79 Å². The SMILES string of the molecule is CCOC(=O)c1c(-c2ccc(O)cc2)c(-c2ccncc2)nn1CCNC(=O)OC(C)(C)C. The zero-order valence-corrected chi connectivity index (χ0v) is 19.2. The van der Waals surface area contributed by atoms with Gasteiger partial charge in [-0.2, -0.15) is 5.10 Å². The summed E-state index contributed by atoms with van der Waals surface area (Å²) in [5.41, 5.74) is 2.21. The standard InChI is InChI=1S/C24H28N4O5/c1-5-32-22(30)21-19(16-6-8-18(29)9-7-16)20(17-10-12-25-13-11-17)27-28(21)15-14-26-23(31)33-24(2,3)4/h6-13,29H,5,14-15H2,1-4H3,(H,26,31). The molecule has 0 unspecified atom stereocenters. The van der Waals surface area contributed by atoms with Crippen molar-refractivity contribution in [3.8, 4) is 28.1 Å². The molecule has 0 fully saturated rings. The highest BCUT2D eigenvalue weighted by molar-refractivity contribution is 6.00. The van der Waals surface area contributed by atoms with Crippen LogP contribution in [0.1, 0.15) is 38.2 Å². The third kappa shape index (κ3) is 6.09. The Morgan fingerprint density at radius 2 is 1.73 bits per heavy atom. The number of nitrogens with zero attached hydrogens (tertiary/aromatic N) is 3. The molecule has 33 heavy (non-hydrogen) atoms. The number of ether oxygens (including phenoxy) is 2. The molecule has 1 aromatic carbocycles. The van der Waals surface area contributed by atoms with Gasteiger partial charge in [-0.25, -0.2) is 9.59 Å². The van der Waals surface area contributed by atoms with Gasteiger partial charge in [-0.05, 0) is 57.5 Å². The number of benzene rings is 1. The molecule has 0 saturated heterocycles. The van der Waals surface area contributed by atoms with Crippen LogP contribution in [0, 0.1) is 0 Å². The minimum absolute atomic E-state index is 0.107. The Balaban J connectivity index is 2.04. The molecular formula is C24H28N4O5. The number of rotatable bonds is 7. The van der Waals surface area contributed by atoms with Crippen LogP contribution in [-0.4, -0.2) is 50.7 Å². The molecule has 2 N–H and O–H groups in total. The first-order valence-corrected chi connectivity index (χ1v) is 10.6. The first-order valence-electron chi connectivity index (χ1n) is 10.6. The van der Waals surface area contributed by atoms with E-state index in [1.54, 1.807) is 76.5 Å². The maximum absolute atomic E-state index is 13.0. The second-order valence-corrected chi connectivity index (χ2v) is 8.23. The predicted octanol–water partition coefficient (Wildman–Crippen LogP) is 4.02. The Labute approximate surface area is 192 Å². The molecule has 1 amide bonds. The van der Waals surface area contributed by atoms with Crippen molar-refractivity contribution in [2.24, 2.45) is 0 Å². The topological polar surface area (TPSA) is 116 Å². The van der Waals surface area contributed by atoms with Crippen LogP contribution in [0.3, 0.4) is 0 Å². The van der Waals surface area contributed by atoms with Crippen molar-refractivity contribution in [3.63, 3.8) is 0 Å². The van der Waals surface area contributed by atoms with Crippen LogP contribution >= 0.6 is 0 Å². The third-order valence-electron chi connectivity index (χ3n) is 4.52. The molecule has 0 spiro atoms. The van der Waals surface area contributed by atoms with Gasteiger partial charge < -0.3 is 19.9 Å². The van der Waals surface area contributed by atoms with Gasteiger partial charge in [-0.3, -0.25) is 9.67 Å². The second kappa shape index (κ2) is 10.2. The van der Waals surface area contributed by atoms with Gasteiger partial charge in [0.25, 0.3) is 0 Å². The molecule has 9 heteroatoms. The number of alkyl carbamates (subject to hydrolysis) is 1. The number of phenolic OH excluding ortho intramolecular Hbond substituents is 1. The molecule has 3 rings (SSSR count). The van der Waals surface area contributed by atoms with E-state index in [1.165, 1.54) is 4.68 Å². The van der Waals surface area contributed by atoms with Crippen LogP contribution in [0.15, 0.2) is 48.8 Å². The van der Waals surface area contributed by atoms with E-state index in [4.69, 9.17) is 9.47 Å². The van der Waals surface area contributed by atoms with Gasteiger partial charge >= 0.3 is 12.1 Å². The van der Waals surface area contributed by atoms with Crippen molar-refractivity contribution < 1.29 is 24.2 Å². The van der Waals surface area contributed by atoms with Gasteiger partial charge in [-0.1, -0.05) is 12.1 Å². The maximum Gasteiger partial charge on any atom is 0.407 e. The molecule has 2 heterocycles. The molecule has 0 atom stereocenters. The summed E-state index contributed by atoms with van der Waals surface area (Å²) in [7, 11) is 0. The van der Waals surface area contributed by atoms with Crippen molar-refractivity contribution in [2.45, 2.75) is 39.8 Å². The molecule has 2 aromatic heterocycles. The number of aromatic hydroxyl groups is 1. The van der Waals surface area contributed by atoms with Crippen molar-refractivity contribution >= 4 is 12.1 Å². The smallest absolute Gasteiger partial charge is 0.407 e. The van der Waals surface area contributed by atoms with Crippen LogP contribution in [-0.2, 0) is 16.0 Å². The number of pyridine rings is 1. The Kier molecular flexibility index (Phi) is 7.32. The van der Waals surface area contributed by atoms with Crippen LogP contribution in [0.2, 0.25) is 0 Å². The van der Waals surface area contributed by atoms with E-state index >= 15 is 0 Å². The highest BCUT2D eigenvalue weighted by Gasteiger charge is 2.27. The zero-order valence-electron chi connectivity index (χ0n) is 19.2. The minimum atomic E-state index is -0.619. The molecule has 9 nitrogen and oxygen atoms in total. The number of hydrogen-bond donors (Lipinski definition) is 2. The lowest BCUT2D eigenvalue weighted by Gasteiger charge is -2.19. The number of hydrogen-bond acceptors (Lipinski definition) is 7. The van der Waals surface area contributed by atoms with Crippen LogP contribution in [0.5, 0.6) is 5.75 Å². The lowest BCUT2D eigenvalue weighted by atomic mass is 9.99. The van der Waals surface area contributed by atoms with Gasteiger partial charge in [0, 0.05) is 30.1 Å². The number of nitrogens with one attached hydrogen (secondary N) is 1. The van der Waals surface area contributed by atoms with E-state index in [0.29, 0.717) is 16.8 Å². The van der Waals surface area contributed by atoms with Gasteiger partial charge in [-0.15, -0.1) is 0 Å². The molecule has 0 radical (unpaired) electrons. The fourth-order valence-electron chi connectivity index (χ4n) is 3.22. The van der Waals surface area contributed by atoms with Crippen molar-refractivity contribution in [2.75, 3.05) is 13.2 Å². The summed E-state index contributed by atoms with van der Waals surface area (Å²) in [6.07, 6.45) is 2.73. The molecule has 0 bridgehead atoms. The molecule has 0 aliphatic carbocycles. The summed E-state index contributed by atoms with van der Waals surface area (Å²) < 4.78 is 12.1. The highest BCUT2D eigenvalue weighted by Crippen LogP contribution is 2.35. The molecule has 0 aliphatic heterocycles. The largest absolute Gasteiger partial charge is 0.508 e. The molecule has 0 aliphatic rings. The molecule has 0 saturated carbocycles. The molecule has 174 valence electrons. The van der Waals surface area contributed by atoms with Crippen molar-refractivity contribution in [1.82, 2.24) is 20.1 Å². The highest BCUT2D eigenvalue weighted by atomic mass is 16.6. The maximum atomic E-state index is 13.0. The van der Waals surface area contributed by atoms with E-state index in [2.05, 4.69) is 15.4 Å². The number of phenols is 1. The van der Waals surface area contributed by atoms with E-state index in [-0.39, 0.29) is 31.1 Å². The Morgan fingerprint density at radius 3 is 2.33 bits per heavy atom. The van der Waals surface area contributed by atoms with Crippen LogP contribution in [0.25, 0.3) is 22.4 Å². The summed E-state index contributed by atoms with van der Waals surface area (Å²) in [5, 5.41) is 17.1. The van der Waals surface area contributed by atoms with Crippen LogP contribution < -0.4 is 5.32 Å². The summed E-state index contributed by atoms with van der Waals surface area (Å²) in [4.78, 5) is 29.1. The normalized spacial score (nSPS) is 11.2. The number of carbonyl (C=O) groups excluding carboxylic acids is 2. The van der Waals surface area contributed by atoms with E-state index < -0.39 is 17.7 Å². The van der Waals surface area contributed by atoms with Crippen molar-refractivity contribution in [1.29, 1.82) is 0 Å². The lowest BCUT2D eigenvalue weighted by molar-refractivity contribution is 0.0513. The van der Waals surface area contributed by atoms with E-state index in [1.807, 2.05) is 0 Å². The Morgan fingerprint density at radius 1 is 1.06 bits per heavy atom. The minimum Gasteiger partial charge on any atom is -0.508 e. The number of aromatic nitrogens is 3. The van der Waals surface area contributed by atoms with E-state index in [9.17, 15) is 14.7 Å². The van der Waals surface area contributed by atoms with E-state index in [0.717, 1.165) is 5.56 Å². The summed E-state index contributed by atoms with van der Waals surface area (Å²) in [6.45, 7) is 7.67. The second-order valence-electron chi connectivity index (χ2n) is 8.23. The molecule has 3 aromatic rings. The quantitative estimate of drug-likeness (QED) is 0.520.